The van der Waals surface area contributed by atoms with Gasteiger partial charge in [0.25, 0.3) is 0 Å². The smallest absolute Gasteiger partial charge is 0.0670 e. The third kappa shape index (κ3) is 6.97. The molecule has 5 heteroatoms. The SMILES string of the molecule is CC(=Nn1cccc1)c1cccnc1.C[C-]=Nc1c(C)cc(C)cc1C.[Fe]. The molecule has 3 aromatic rings. The van der Waals surface area contributed by atoms with Crippen LogP contribution in [-0.4, -0.2) is 21.6 Å². The predicted octanol–water partition coefficient (Wildman–Crippen LogP) is 5.36. The molecule has 27 heavy (non-hydrogen) atoms. The van der Waals surface area contributed by atoms with Crippen LogP contribution >= 0.6 is 0 Å². The summed E-state index contributed by atoms with van der Waals surface area (Å²) in [5.41, 5.74) is 6.79. The Balaban J connectivity index is 0.000000264. The van der Waals surface area contributed by atoms with Gasteiger partial charge in [-0.2, -0.15) is 11.3 Å². The van der Waals surface area contributed by atoms with E-state index in [-0.39, 0.29) is 17.1 Å². The van der Waals surface area contributed by atoms with Gasteiger partial charge in [-0.3, -0.25) is 4.98 Å². The molecule has 0 aliphatic rings. The fraction of sp³-hybridized carbons (Fsp3) is 0.227. The molecule has 0 fully saturated rings. The van der Waals surface area contributed by atoms with Crippen LogP contribution in [0.25, 0.3) is 0 Å². The second kappa shape index (κ2) is 11.3. The molecule has 142 valence electrons. The van der Waals surface area contributed by atoms with Crippen molar-refractivity contribution in [3.8, 4) is 0 Å². The molecule has 0 radical (unpaired) electrons. The molecule has 2 aromatic heterocycles. The average molecular weight is 401 g/mol. The van der Waals surface area contributed by atoms with E-state index in [9.17, 15) is 0 Å². The number of hydrogen-bond acceptors (Lipinski definition) is 3. The van der Waals surface area contributed by atoms with Crippen molar-refractivity contribution in [2.24, 2.45) is 10.1 Å². The Morgan fingerprint density at radius 2 is 1.67 bits per heavy atom. The standard InChI is InChI=1S/C11H11N3.C11H14N.Fe/c1-10(11-5-4-6-12-9-11)13-14-7-2-3-8-14;1-5-12-11-9(3)6-8(2)7-10(11)4;/h2-9H,1H3;6-7H,1-4H3;/q;-1;. The fourth-order valence-electron chi connectivity index (χ4n) is 2.66. The quantitative estimate of drug-likeness (QED) is 0.331. The van der Waals surface area contributed by atoms with Crippen molar-refractivity contribution in [1.82, 2.24) is 9.66 Å². The van der Waals surface area contributed by atoms with Crippen LogP contribution in [0.4, 0.5) is 5.69 Å². The molecular weight excluding hydrogens is 376 g/mol. The molecule has 4 nitrogen and oxygen atoms in total. The minimum absolute atomic E-state index is 0. The zero-order valence-electron chi connectivity index (χ0n) is 16.4. The number of benzene rings is 1. The summed E-state index contributed by atoms with van der Waals surface area (Å²) in [5, 5.41) is 4.38. The first-order valence-corrected chi connectivity index (χ1v) is 8.55. The Hall–Kier alpha value is -2.49. The van der Waals surface area contributed by atoms with Gasteiger partial charge in [-0.05, 0) is 32.0 Å². The van der Waals surface area contributed by atoms with Gasteiger partial charge in [-0.15, -0.1) is 18.1 Å². The average Bonchev–Trinajstić information content (AvgIpc) is 3.12. The van der Waals surface area contributed by atoms with E-state index in [0.717, 1.165) is 17.0 Å². The van der Waals surface area contributed by atoms with Gasteiger partial charge < -0.3 is 4.99 Å². The maximum absolute atomic E-state index is 4.38. The monoisotopic (exact) mass is 401 g/mol. The fourth-order valence-corrected chi connectivity index (χ4v) is 2.66. The van der Waals surface area contributed by atoms with Crippen LogP contribution in [0.1, 0.15) is 36.1 Å². The Kier molecular flexibility index (Phi) is 9.41. The minimum Gasteiger partial charge on any atom is -0.456 e. The number of aliphatic imine (C=N–C) groups is 1. The third-order valence-electron chi connectivity index (χ3n) is 3.79. The maximum atomic E-state index is 4.38. The summed E-state index contributed by atoms with van der Waals surface area (Å²) in [7, 11) is 0. The minimum atomic E-state index is 0. The number of nitrogens with zero attached hydrogens (tertiary/aromatic N) is 4. The van der Waals surface area contributed by atoms with Gasteiger partial charge in [-0.1, -0.05) is 43.3 Å². The number of rotatable bonds is 3. The van der Waals surface area contributed by atoms with E-state index in [2.05, 4.69) is 54.2 Å². The summed E-state index contributed by atoms with van der Waals surface area (Å²) in [6, 6.07) is 12.1. The van der Waals surface area contributed by atoms with Crippen LogP contribution in [0.5, 0.6) is 0 Å². The molecule has 0 saturated carbocycles. The topological polar surface area (TPSA) is 42.5 Å². The number of aromatic nitrogens is 2. The second-order valence-electron chi connectivity index (χ2n) is 6.07. The Labute approximate surface area is 172 Å². The van der Waals surface area contributed by atoms with Crippen molar-refractivity contribution in [1.29, 1.82) is 0 Å². The Morgan fingerprint density at radius 1 is 1.04 bits per heavy atom. The van der Waals surface area contributed by atoms with Crippen LogP contribution < -0.4 is 0 Å². The van der Waals surface area contributed by atoms with Crippen molar-refractivity contribution in [2.45, 2.75) is 34.6 Å². The van der Waals surface area contributed by atoms with E-state index in [1.165, 1.54) is 16.7 Å². The van der Waals surface area contributed by atoms with Gasteiger partial charge in [0.2, 0.25) is 0 Å². The van der Waals surface area contributed by atoms with Crippen LogP contribution in [0, 0.1) is 20.8 Å². The summed E-state index contributed by atoms with van der Waals surface area (Å²) in [4.78, 5) is 8.24. The predicted molar refractivity (Wildman–Crippen MR) is 110 cm³/mol. The van der Waals surface area contributed by atoms with Gasteiger partial charge in [0.15, 0.2) is 0 Å². The molecule has 1 aromatic carbocycles. The summed E-state index contributed by atoms with van der Waals surface area (Å²) >= 11 is 0. The third-order valence-corrected chi connectivity index (χ3v) is 3.79. The Morgan fingerprint density at radius 3 is 2.19 bits per heavy atom. The van der Waals surface area contributed by atoms with E-state index in [0.29, 0.717) is 0 Å². The van der Waals surface area contributed by atoms with Crippen molar-refractivity contribution in [3.63, 3.8) is 0 Å². The second-order valence-corrected chi connectivity index (χ2v) is 6.07. The number of aryl methyl sites for hydroxylation is 3. The van der Waals surface area contributed by atoms with Crippen LogP contribution in [-0.2, 0) is 17.1 Å². The zero-order chi connectivity index (χ0) is 18.9. The van der Waals surface area contributed by atoms with E-state index in [1.54, 1.807) is 10.9 Å². The molecule has 0 aliphatic heterocycles. The van der Waals surface area contributed by atoms with Crippen LogP contribution in [0.3, 0.4) is 0 Å². The van der Waals surface area contributed by atoms with Gasteiger partial charge in [-0.25, -0.2) is 4.68 Å². The van der Waals surface area contributed by atoms with Crippen molar-refractivity contribution >= 4 is 17.6 Å². The number of pyridine rings is 1. The molecule has 0 atom stereocenters. The first-order valence-electron chi connectivity index (χ1n) is 8.55. The van der Waals surface area contributed by atoms with Gasteiger partial charge in [0.1, 0.15) is 0 Å². The van der Waals surface area contributed by atoms with E-state index < -0.39 is 0 Å². The maximum Gasteiger partial charge on any atom is 0.0670 e. The largest absolute Gasteiger partial charge is 0.456 e. The molecule has 0 spiro atoms. The number of hydrogen-bond donors (Lipinski definition) is 0. The normalized spacial score (nSPS) is 10.9. The van der Waals surface area contributed by atoms with E-state index in [1.807, 2.05) is 56.7 Å². The molecule has 0 bridgehead atoms. The molecular formula is C22H25FeN4-. The van der Waals surface area contributed by atoms with Gasteiger partial charge >= 0.3 is 0 Å². The van der Waals surface area contributed by atoms with Gasteiger partial charge in [0.05, 0.1) is 5.71 Å². The van der Waals surface area contributed by atoms with Crippen LogP contribution in [0.15, 0.2) is 71.3 Å². The summed E-state index contributed by atoms with van der Waals surface area (Å²) in [6.45, 7) is 10.0. The van der Waals surface area contributed by atoms with E-state index >= 15 is 0 Å². The first-order chi connectivity index (χ1) is 12.5. The molecule has 0 N–H and O–H groups in total. The zero-order valence-corrected chi connectivity index (χ0v) is 17.5. The molecule has 0 saturated heterocycles. The van der Waals surface area contributed by atoms with Crippen LogP contribution in [0.2, 0.25) is 0 Å². The molecule has 2 heterocycles. The van der Waals surface area contributed by atoms with Crippen molar-refractivity contribution < 1.29 is 17.1 Å². The van der Waals surface area contributed by atoms with Crippen molar-refractivity contribution in [2.75, 3.05) is 0 Å². The first kappa shape index (κ1) is 22.6. The Bertz CT molecular complexity index is 859. The molecule has 0 amide bonds. The van der Waals surface area contributed by atoms with Crippen molar-refractivity contribution in [3.05, 3.63) is 83.4 Å². The molecule has 3 rings (SSSR count). The summed E-state index contributed by atoms with van der Waals surface area (Å²) in [5.74, 6) is 0. The molecule has 0 aliphatic carbocycles. The summed E-state index contributed by atoms with van der Waals surface area (Å²) in [6.07, 6.45) is 10.2. The van der Waals surface area contributed by atoms with Gasteiger partial charge in [0, 0.05) is 47.4 Å². The summed E-state index contributed by atoms with van der Waals surface area (Å²) < 4.78 is 1.78. The van der Waals surface area contributed by atoms with E-state index in [4.69, 9.17) is 0 Å². The molecule has 0 unspecified atom stereocenters.